The van der Waals surface area contributed by atoms with E-state index >= 15 is 0 Å². The summed E-state index contributed by atoms with van der Waals surface area (Å²) in [6, 6.07) is 9.36. The van der Waals surface area contributed by atoms with E-state index in [0.717, 1.165) is 31.4 Å². The summed E-state index contributed by atoms with van der Waals surface area (Å²) in [6.07, 6.45) is 2.42. The van der Waals surface area contributed by atoms with E-state index < -0.39 is 0 Å². The number of carbonyl (C=O) groups is 1. The Balaban J connectivity index is 1.71. The van der Waals surface area contributed by atoms with Gasteiger partial charge in [0.15, 0.2) is 0 Å². The molecular weight excluding hydrogens is 359 g/mol. The second kappa shape index (κ2) is 9.32. The lowest BCUT2D eigenvalue weighted by Gasteiger charge is -2.17. The maximum absolute atomic E-state index is 13.1. The topological polar surface area (TPSA) is 70.4 Å². The predicted octanol–water partition coefficient (Wildman–Crippen LogP) is 4.17. The van der Waals surface area contributed by atoms with E-state index in [0.29, 0.717) is 23.6 Å². The van der Waals surface area contributed by atoms with Gasteiger partial charge in [0.1, 0.15) is 22.9 Å². The lowest BCUT2D eigenvalue weighted by Crippen LogP contribution is -2.30. The summed E-state index contributed by atoms with van der Waals surface area (Å²) < 4.78 is 18.6. The molecule has 0 aliphatic heterocycles. The first-order chi connectivity index (χ1) is 13.6. The van der Waals surface area contributed by atoms with Crippen molar-refractivity contribution in [2.24, 2.45) is 0 Å². The van der Waals surface area contributed by atoms with Crippen LogP contribution in [0.15, 0.2) is 47.1 Å². The molecule has 1 aromatic carbocycles. The zero-order valence-electron chi connectivity index (χ0n) is 16.2. The van der Waals surface area contributed by atoms with Gasteiger partial charge in [-0.25, -0.2) is 9.37 Å². The van der Waals surface area contributed by atoms with Crippen LogP contribution in [0, 0.1) is 5.82 Å². The molecule has 7 heteroatoms. The highest BCUT2D eigenvalue weighted by Gasteiger charge is 2.14. The first-order valence-corrected chi connectivity index (χ1v) is 9.52. The van der Waals surface area contributed by atoms with Gasteiger partial charge in [0.05, 0.1) is 11.6 Å². The Hall–Kier alpha value is -2.93. The van der Waals surface area contributed by atoms with Crippen LogP contribution in [-0.2, 0) is 0 Å². The van der Waals surface area contributed by atoms with Gasteiger partial charge in [-0.05, 0) is 56.4 Å². The largest absolute Gasteiger partial charge is 0.464 e. The van der Waals surface area contributed by atoms with Crippen molar-refractivity contribution in [2.75, 3.05) is 31.5 Å². The molecular formula is C21H25FN4O2. The molecule has 2 heterocycles. The maximum Gasteiger partial charge on any atom is 0.270 e. The summed E-state index contributed by atoms with van der Waals surface area (Å²) in [5.41, 5.74) is 1.51. The van der Waals surface area contributed by atoms with Crippen molar-refractivity contribution in [3.63, 3.8) is 0 Å². The first kappa shape index (κ1) is 19.8. The van der Waals surface area contributed by atoms with E-state index in [1.807, 2.05) is 0 Å². The van der Waals surface area contributed by atoms with Gasteiger partial charge in [-0.1, -0.05) is 13.8 Å². The zero-order chi connectivity index (χ0) is 19.9. The van der Waals surface area contributed by atoms with Gasteiger partial charge in [0.25, 0.3) is 5.91 Å². The number of aromatic nitrogens is 1. The molecule has 0 saturated carbocycles. The summed E-state index contributed by atoms with van der Waals surface area (Å²) in [6.45, 7) is 7.77. The number of halogens is 1. The minimum absolute atomic E-state index is 0.250. The number of anilines is 2. The number of pyridine rings is 1. The third kappa shape index (κ3) is 4.86. The van der Waals surface area contributed by atoms with Crippen molar-refractivity contribution in [3.05, 3.63) is 54.2 Å². The van der Waals surface area contributed by atoms with Gasteiger partial charge in [-0.3, -0.25) is 4.79 Å². The second-order valence-corrected chi connectivity index (χ2v) is 6.46. The molecule has 0 aliphatic rings. The average molecular weight is 384 g/mol. The van der Waals surface area contributed by atoms with Crippen LogP contribution in [0.5, 0.6) is 0 Å². The number of hydrogen-bond acceptors (Lipinski definition) is 5. The molecule has 28 heavy (non-hydrogen) atoms. The molecule has 1 amide bonds. The van der Waals surface area contributed by atoms with E-state index in [-0.39, 0.29) is 17.4 Å². The summed E-state index contributed by atoms with van der Waals surface area (Å²) in [7, 11) is 0. The Morgan fingerprint density at radius 3 is 2.64 bits per heavy atom. The summed E-state index contributed by atoms with van der Waals surface area (Å²) in [4.78, 5) is 19.3. The van der Waals surface area contributed by atoms with E-state index in [1.165, 1.54) is 12.1 Å². The molecule has 6 nitrogen and oxygen atoms in total. The van der Waals surface area contributed by atoms with Gasteiger partial charge in [-0.2, -0.15) is 0 Å². The van der Waals surface area contributed by atoms with Crippen LogP contribution in [0.3, 0.4) is 0 Å². The highest BCUT2D eigenvalue weighted by atomic mass is 19.1. The Morgan fingerprint density at radius 2 is 1.93 bits per heavy atom. The highest BCUT2D eigenvalue weighted by Crippen LogP contribution is 2.26. The van der Waals surface area contributed by atoms with Crippen LogP contribution in [0.1, 0.15) is 30.8 Å². The van der Waals surface area contributed by atoms with Crippen LogP contribution >= 0.6 is 0 Å². The van der Waals surface area contributed by atoms with Gasteiger partial charge < -0.3 is 20.0 Å². The number of benzene rings is 1. The van der Waals surface area contributed by atoms with Gasteiger partial charge in [-0.15, -0.1) is 0 Å². The molecule has 0 fully saturated rings. The molecule has 0 unspecified atom stereocenters. The number of carbonyl (C=O) groups excluding carboxylic acids is 1. The lowest BCUT2D eigenvalue weighted by atomic mass is 10.2. The van der Waals surface area contributed by atoms with Crippen molar-refractivity contribution < 1.29 is 13.6 Å². The third-order valence-electron chi connectivity index (χ3n) is 4.62. The molecule has 3 rings (SSSR count). The number of amides is 1. The van der Waals surface area contributed by atoms with Gasteiger partial charge in [0, 0.05) is 18.3 Å². The summed E-state index contributed by atoms with van der Waals surface area (Å²) >= 11 is 0. The van der Waals surface area contributed by atoms with Crippen molar-refractivity contribution >= 4 is 28.4 Å². The van der Waals surface area contributed by atoms with Crippen LogP contribution in [-0.4, -0.2) is 42.0 Å². The molecule has 0 saturated heterocycles. The first-order valence-electron chi connectivity index (χ1n) is 9.52. The number of hydrogen-bond donors (Lipinski definition) is 2. The molecule has 0 radical (unpaired) electrons. The number of nitrogens with zero attached hydrogens (tertiary/aromatic N) is 2. The molecule has 2 aromatic heterocycles. The van der Waals surface area contributed by atoms with E-state index in [9.17, 15) is 9.18 Å². The monoisotopic (exact) mass is 384 g/mol. The van der Waals surface area contributed by atoms with Crippen molar-refractivity contribution in [1.29, 1.82) is 0 Å². The highest BCUT2D eigenvalue weighted by molar-refractivity contribution is 5.99. The minimum Gasteiger partial charge on any atom is -0.464 e. The fraction of sp³-hybridized carbons (Fsp3) is 0.333. The number of fused-ring (bicyclic) bond motifs is 1. The summed E-state index contributed by atoms with van der Waals surface area (Å²) in [5.74, 6) is -0.0732. The number of rotatable bonds is 9. The standard InChI is InChI=1S/C21H25FN4O2/c1-3-26(4-2)12-5-11-23-21(27)18-14-19-17(10-13-28-19)20(25-18)24-16-8-6-15(22)7-9-16/h6-10,13-14H,3-5,11-12H2,1-2H3,(H,23,27)(H,24,25). The van der Waals surface area contributed by atoms with E-state index in [1.54, 1.807) is 30.5 Å². The Kier molecular flexibility index (Phi) is 6.60. The molecule has 3 aromatic rings. The van der Waals surface area contributed by atoms with Gasteiger partial charge in [0.2, 0.25) is 0 Å². The molecule has 148 valence electrons. The molecule has 0 spiro atoms. The Morgan fingerprint density at radius 1 is 1.18 bits per heavy atom. The van der Waals surface area contributed by atoms with Crippen LogP contribution in [0.4, 0.5) is 15.9 Å². The average Bonchev–Trinajstić information content (AvgIpc) is 3.18. The third-order valence-corrected chi connectivity index (χ3v) is 4.62. The number of furan rings is 1. The fourth-order valence-electron chi connectivity index (χ4n) is 2.98. The second-order valence-electron chi connectivity index (χ2n) is 6.46. The lowest BCUT2D eigenvalue weighted by molar-refractivity contribution is 0.0947. The quantitative estimate of drug-likeness (QED) is 0.542. The smallest absolute Gasteiger partial charge is 0.270 e. The zero-order valence-corrected chi connectivity index (χ0v) is 16.2. The fourth-order valence-corrected chi connectivity index (χ4v) is 2.98. The van der Waals surface area contributed by atoms with Crippen molar-refractivity contribution in [1.82, 2.24) is 15.2 Å². The molecule has 0 bridgehead atoms. The van der Waals surface area contributed by atoms with Crippen molar-refractivity contribution in [2.45, 2.75) is 20.3 Å². The minimum atomic E-state index is -0.315. The molecule has 0 atom stereocenters. The molecule has 0 aliphatic carbocycles. The summed E-state index contributed by atoms with van der Waals surface area (Å²) in [5, 5.41) is 6.79. The SMILES string of the molecule is CCN(CC)CCCNC(=O)c1cc2occc2c(Nc2ccc(F)cc2)n1. The molecule has 2 N–H and O–H groups in total. The van der Waals surface area contributed by atoms with Crippen molar-refractivity contribution in [3.8, 4) is 0 Å². The maximum atomic E-state index is 13.1. The van der Waals surface area contributed by atoms with E-state index in [2.05, 4.69) is 34.4 Å². The van der Waals surface area contributed by atoms with Crippen LogP contribution < -0.4 is 10.6 Å². The van der Waals surface area contributed by atoms with E-state index in [4.69, 9.17) is 4.42 Å². The van der Waals surface area contributed by atoms with Gasteiger partial charge >= 0.3 is 0 Å². The Labute approximate surface area is 163 Å². The van der Waals surface area contributed by atoms with Crippen LogP contribution in [0.2, 0.25) is 0 Å². The normalized spacial score (nSPS) is 11.1. The predicted molar refractivity (Wildman–Crippen MR) is 108 cm³/mol. The Bertz CT molecular complexity index is 920. The van der Waals surface area contributed by atoms with Crippen LogP contribution in [0.25, 0.3) is 11.0 Å². The number of nitrogens with one attached hydrogen (secondary N) is 2.